The third-order valence-electron chi connectivity index (χ3n) is 7.44. The molecule has 0 aliphatic carbocycles. The molecule has 0 aliphatic heterocycles. The molecule has 0 saturated heterocycles. The van der Waals surface area contributed by atoms with Gasteiger partial charge in [0.15, 0.2) is 0 Å². The number of unbranched alkanes of at least 4 members (excludes halogenated alkanes) is 13. The molecule has 2 unspecified atom stereocenters. The van der Waals surface area contributed by atoms with Gasteiger partial charge in [0.1, 0.15) is 0 Å². The molecule has 0 amide bonds. The Morgan fingerprint density at radius 2 is 1.06 bits per heavy atom. The molecular formula is C30H53Cl. The lowest BCUT2D eigenvalue weighted by Crippen LogP contribution is -2.26. The summed E-state index contributed by atoms with van der Waals surface area (Å²) < 4.78 is 0. The van der Waals surface area contributed by atoms with Gasteiger partial charge < -0.3 is 0 Å². The SMILES string of the molecule is CC(Cl)CCCCCCCCCCCCCCCCC(C)(Cc1ccccc1)C(C)C. The van der Waals surface area contributed by atoms with Crippen molar-refractivity contribution in [2.24, 2.45) is 11.3 Å². The maximum atomic E-state index is 5.99. The van der Waals surface area contributed by atoms with E-state index in [0.717, 1.165) is 5.92 Å². The van der Waals surface area contributed by atoms with Crippen LogP contribution in [0.25, 0.3) is 0 Å². The minimum Gasteiger partial charge on any atom is -0.123 e. The molecule has 2 atom stereocenters. The molecule has 1 rings (SSSR count). The quantitative estimate of drug-likeness (QED) is 0.137. The molecule has 0 spiro atoms. The van der Waals surface area contributed by atoms with Crippen molar-refractivity contribution in [1.29, 1.82) is 0 Å². The molecule has 0 nitrogen and oxygen atoms in total. The Labute approximate surface area is 200 Å². The highest BCUT2D eigenvalue weighted by molar-refractivity contribution is 6.20. The first kappa shape index (κ1) is 28.5. The zero-order valence-corrected chi connectivity index (χ0v) is 22.2. The van der Waals surface area contributed by atoms with Crippen molar-refractivity contribution >= 4 is 11.6 Å². The predicted octanol–water partition coefficient (Wildman–Crippen LogP) is 10.8. The first-order chi connectivity index (χ1) is 14.9. The van der Waals surface area contributed by atoms with Crippen LogP contribution >= 0.6 is 11.6 Å². The van der Waals surface area contributed by atoms with Crippen LogP contribution in [0.3, 0.4) is 0 Å². The Hall–Kier alpha value is -0.490. The summed E-state index contributed by atoms with van der Waals surface area (Å²) in [7, 11) is 0. The maximum absolute atomic E-state index is 5.99. The molecule has 0 radical (unpaired) electrons. The molecule has 1 aromatic rings. The summed E-state index contributed by atoms with van der Waals surface area (Å²) in [5, 5.41) is 0.361. The van der Waals surface area contributed by atoms with Crippen molar-refractivity contribution in [1.82, 2.24) is 0 Å². The van der Waals surface area contributed by atoms with Gasteiger partial charge in [0.05, 0.1) is 0 Å². The predicted molar refractivity (Wildman–Crippen MR) is 142 cm³/mol. The van der Waals surface area contributed by atoms with Gasteiger partial charge in [0, 0.05) is 5.38 Å². The van der Waals surface area contributed by atoms with Gasteiger partial charge in [-0.15, -0.1) is 11.6 Å². The van der Waals surface area contributed by atoms with Gasteiger partial charge in [-0.1, -0.05) is 141 Å². The van der Waals surface area contributed by atoms with Crippen LogP contribution in [0, 0.1) is 11.3 Å². The minimum atomic E-state index is 0.361. The van der Waals surface area contributed by atoms with Crippen LogP contribution in [-0.2, 0) is 6.42 Å². The van der Waals surface area contributed by atoms with Crippen LogP contribution in [0.4, 0.5) is 0 Å². The third kappa shape index (κ3) is 15.1. The van der Waals surface area contributed by atoms with Gasteiger partial charge in [-0.3, -0.25) is 0 Å². The van der Waals surface area contributed by atoms with E-state index in [1.54, 1.807) is 0 Å². The molecule has 1 aromatic carbocycles. The molecule has 31 heavy (non-hydrogen) atoms. The summed E-state index contributed by atoms with van der Waals surface area (Å²) in [6.45, 7) is 9.43. The summed E-state index contributed by atoms with van der Waals surface area (Å²) in [4.78, 5) is 0. The molecule has 1 heteroatoms. The average molecular weight is 449 g/mol. The van der Waals surface area contributed by atoms with E-state index in [-0.39, 0.29) is 0 Å². The fourth-order valence-electron chi connectivity index (χ4n) is 4.72. The van der Waals surface area contributed by atoms with Crippen LogP contribution in [0.15, 0.2) is 30.3 Å². The van der Waals surface area contributed by atoms with Crippen molar-refractivity contribution < 1.29 is 0 Å². The Morgan fingerprint density at radius 3 is 1.48 bits per heavy atom. The van der Waals surface area contributed by atoms with Crippen LogP contribution in [-0.4, -0.2) is 5.38 Å². The largest absolute Gasteiger partial charge is 0.123 e. The van der Waals surface area contributed by atoms with E-state index in [4.69, 9.17) is 11.6 Å². The van der Waals surface area contributed by atoms with Crippen molar-refractivity contribution in [2.75, 3.05) is 0 Å². The Balaban J connectivity index is 1.94. The summed E-state index contributed by atoms with van der Waals surface area (Å²) in [6, 6.07) is 11.1. The van der Waals surface area contributed by atoms with E-state index in [1.165, 1.54) is 115 Å². The molecule has 0 bridgehead atoms. The standard InChI is InChI=1S/C30H53Cl/c1-27(2)30(4,26-29-23-19-17-20-24-29)25-21-16-14-12-10-8-6-5-7-9-11-13-15-18-22-28(3)31/h17,19-20,23-24,27-28H,5-16,18,21-22,25-26H2,1-4H3. The highest BCUT2D eigenvalue weighted by Crippen LogP contribution is 2.36. The van der Waals surface area contributed by atoms with E-state index in [1.807, 2.05) is 0 Å². The van der Waals surface area contributed by atoms with E-state index in [2.05, 4.69) is 58.0 Å². The summed E-state index contributed by atoms with van der Waals surface area (Å²) in [5.41, 5.74) is 1.93. The zero-order valence-electron chi connectivity index (χ0n) is 21.4. The highest BCUT2D eigenvalue weighted by Gasteiger charge is 2.27. The van der Waals surface area contributed by atoms with Gasteiger partial charge in [-0.25, -0.2) is 0 Å². The Kier molecular flexibility index (Phi) is 16.6. The fraction of sp³-hybridized carbons (Fsp3) is 0.800. The molecule has 0 N–H and O–H groups in total. The lowest BCUT2D eigenvalue weighted by atomic mass is 9.71. The molecule has 0 fully saturated rings. The van der Waals surface area contributed by atoms with Crippen molar-refractivity contribution in [3.63, 3.8) is 0 Å². The second-order valence-electron chi connectivity index (χ2n) is 10.7. The van der Waals surface area contributed by atoms with Gasteiger partial charge in [0.2, 0.25) is 0 Å². The number of halogens is 1. The van der Waals surface area contributed by atoms with Gasteiger partial charge in [-0.05, 0) is 43.1 Å². The lowest BCUT2D eigenvalue weighted by Gasteiger charge is -2.34. The van der Waals surface area contributed by atoms with Crippen LogP contribution in [0.1, 0.15) is 136 Å². The van der Waals surface area contributed by atoms with Crippen LogP contribution < -0.4 is 0 Å². The van der Waals surface area contributed by atoms with E-state index in [9.17, 15) is 0 Å². The molecular weight excluding hydrogens is 396 g/mol. The summed E-state index contributed by atoms with van der Waals surface area (Å²) in [6.07, 6.45) is 23.7. The zero-order chi connectivity index (χ0) is 22.8. The molecule has 0 aliphatic rings. The topological polar surface area (TPSA) is 0 Å². The summed E-state index contributed by atoms with van der Waals surface area (Å²) >= 11 is 5.99. The third-order valence-corrected chi connectivity index (χ3v) is 7.66. The molecule has 180 valence electrons. The Morgan fingerprint density at radius 1 is 0.645 bits per heavy atom. The van der Waals surface area contributed by atoms with E-state index >= 15 is 0 Å². The number of rotatable bonds is 20. The smallest absolute Gasteiger partial charge is 0.0307 e. The normalized spacial score (nSPS) is 14.6. The first-order valence-corrected chi connectivity index (χ1v) is 14.1. The second kappa shape index (κ2) is 18.0. The number of benzene rings is 1. The van der Waals surface area contributed by atoms with Crippen molar-refractivity contribution in [3.8, 4) is 0 Å². The molecule has 0 heterocycles. The van der Waals surface area contributed by atoms with Crippen molar-refractivity contribution in [3.05, 3.63) is 35.9 Å². The second-order valence-corrected chi connectivity index (χ2v) is 11.5. The number of hydrogen-bond acceptors (Lipinski definition) is 0. The number of alkyl halides is 1. The number of hydrogen-bond donors (Lipinski definition) is 0. The van der Waals surface area contributed by atoms with Crippen LogP contribution in [0.5, 0.6) is 0 Å². The van der Waals surface area contributed by atoms with Crippen molar-refractivity contribution in [2.45, 2.75) is 142 Å². The average Bonchev–Trinajstić information content (AvgIpc) is 2.73. The Bertz CT molecular complexity index is 506. The highest BCUT2D eigenvalue weighted by atomic mass is 35.5. The molecule has 0 saturated carbocycles. The maximum Gasteiger partial charge on any atom is 0.0307 e. The van der Waals surface area contributed by atoms with Gasteiger partial charge >= 0.3 is 0 Å². The van der Waals surface area contributed by atoms with Gasteiger partial charge in [-0.2, -0.15) is 0 Å². The molecule has 0 aromatic heterocycles. The van der Waals surface area contributed by atoms with Gasteiger partial charge in [0.25, 0.3) is 0 Å². The summed E-state index contributed by atoms with van der Waals surface area (Å²) in [5.74, 6) is 0.738. The minimum absolute atomic E-state index is 0.361. The van der Waals surface area contributed by atoms with Crippen LogP contribution in [0.2, 0.25) is 0 Å². The monoisotopic (exact) mass is 448 g/mol. The van der Waals surface area contributed by atoms with E-state index < -0.39 is 0 Å². The van der Waals surface area contributed by atoms with E-state index in [0.29, 0.717) is 10.8 Å². The first-order valence-electron chi connectivity index (χ1n) is 13.6. The lowest BCUT2D eigenvalue weighted by molar-refractivity contribution is 0.190. The fourth-order valence-corrected chi connectivity index (χ4v) is 4.87.